The third-order valence-electron chi connectivity index (χ3n) is 3.76. The predicted octanol–water partition coefficient (Wildman–Crippen LogP) is 3.47. The van der Waals surface area contributed by atoms with Crippen LogP contribution in [0, 0.1) is 5.41 Å². The van der Waals surface area contributed by atoms with Crippen LogP contribution in [0.25, 0.3) is 11.0 Å². The molecule has 0 spiro atoms. The maximum atomic E-state index is 11.7. The number of carbonyl (C=O) groups excluding carboxylic acids is 1. The first-order valence-corrected chi connectivity index (χ1v) is 7.15. The molecule has 1 atom stereocenters. The summed E-state index contributed by atoms with van der Waals surface area (Å²) in [5.74, 6) is 0.799. The standard InChI is InChI=1S/C16H22N2O2/c1-4-16(3,11-15(19)20-5-2)10-14-17-12-8-6-7-9-13(12)18-14/h6-9H,4-5,10-11H2,1-3H3,(H,17,18)/t16-/m0/s1. The first kappa shape index (κ1) is 14.6. The molecule has 0 unspecified atom stereocenters. The van der Waals surface area contributed by atoms with E-state index in [0.717, 1.165) is 29.7 Å². The van der Waals surface area contributed by atoms with Crippen molar-refractivity contribution in [3.63, 3.8) is 0 Å². The van der Waals surface area contributed by atoms with Crippen molar-refractivity contribution in [1.82, 2.24) is 9.97 Å². The van der Waals surface area contributed by atoms with Gasteiger partial charge in [-0.15, -0.1) is 0 Å². The largest absolute Gasteiger partial charge is 0.466 e. The zero-order valence-electron chi connectivity index (χ0n) is 12.4. The Morgan fingerprint density at radius 3 is 2.75 bits per heavy atom. The summed E-state index contributed by atoms with van der Waals surface area (Å²) in [5, 5.41) is 0. The maximum absolute atomic E-state index is 11.7. The van der Waals surface area contributed by atoms with Crippen molar-refractivity contribution in [3.8, 4) is 0 Å². The van der Waals surface area contributed by atoms with Gasteiger partial charge in [0.1, 0.15) is 5.82 Å². The minimum Gasteiger partial charge on any atom is -0.466 e. The average molecular weight is 274 g/mol. The van der Waals surface area contributed by atoms with E-state index in [-0.39, 0.29) is 11.4 Å². The van der Waals surface area contributed by atoms with E-state index in [1.807, 2.05) is 31.2 Å². The maximum Gasteiger partial charge on any atom is 0.306 e. The van der Waals surface area contributed by atoms with Crippen LogP contribution in [-0.2, 0) is 16.0 Å². The summed E-state index contributed by atoms with van der Waals surface area (Å²) in [5.41, 5.74) is 1.88. The minimum atomic E-state index is -0.132. The van der Waals surface area contributed by atoms with Crippen LogP contribution in [0.5, 0.6) is 0 Å². The monoisotopic (exact) mass is 274 g/mol. The lowest BCUT2D eigenvalue weighted by molar-refractivity contribution is -0.145. The molecule has 4 nitrogen and oxygen atoms in total. The van der Waals surface area contributed by atoms with Crippen LogP contribution in [0.3, 0.4) is 0 Å². The number of nitrogens with zero attached hydrogens (tertiary/aromatic N) is 1. The molecule has 1 aromatic carbocycles. The van der Waals surface area contributed by atoms with Gasteiger partial charge in [-0.2, -0.15) is 0 Å². The van der Waals surface area contributed by atoms with Gasteiger partial charge in [-0.3, -0.25) is 4.79 Å². The fourth-order valence-corrected chi connectivity index (χ4v) is 2.37. The number of nitrogens with one attached hydrogen (secondary N) is 1. The van der Waals surface area contributed by atoms with E-state index < -0.39 is 0 Å². The number of esters is 1. The number of fused-ring (bicyclic) bond motifs is 1. The summed E-state index contributed by atoms with van der Waals surface area (Å²) in [7, 11) is 0. The number of imidazole rings is 1. The van der Waals surface area contributed by atoms with Crippen molar-refractivity contribution in [2.24, 2.45) is 5.41 Å². The normalized spacial score (nSPS) is 14.2. The number of H-pyrrole nitrogens is 1. The zero-order valence-corrected chi connectivity index (χ0v) is 12.4. The Kier molecular flexibility index (Phi) is 4.42. The molecule has 2 aromatic rings. The van der Waals surface area contributed by atoms with Gasteiger partial charge in [0.15, 0.2) is 0 Å². The van der Waals surface area contributed by atoms with Gasteiger partial charge in [0.25, 0.3) is 0 Å². The fourth-order valence-electron chi connectivity index (χ4n) is 2.37. The number of hydrogen-bond donors (Lipinski definition) is 1. The average Bonchev–Trinajstić information content (AvgIpc) is 2.80. The molecule has 2 rings (SSSR count). The van der Waals surface area contributed by atoms with Crippen molar-refractivity contribution in [2.45, 2.75) is 40.0 Å². The van der Waals surface area contributed by atoms with Crippen molar-refractivity contribution < 1.29 is 9.53 Å². The number of rotatable bonds is 6. The van der Waals surface area contributed by atoms with Crippen LogP contribution in [0.15, 0.2) is 24.3 Å². The van der Waals surface area contributed by atoms with Gasteiger partial charge < -0.3 is 9.72 Å². The lowest BCUT2D eigenvalue weighted by Crippen LogP contribution is -2.24. The number of carbonyl (C=O) groups is 1. The summed E-state index contributed by atoms with van der Waals surface area (Å²) in [6, 6.07) is 7.97. The lowest BCUT2D eigenvalue weighted by atomic mass is 9.80. The summed E-state index contributed by atoms with van der Waals surface area (Å²) in [6.45, 7) is 6.47. The number of para-hydroxylation sites is 2. The number of ether oxygens (including phenoxy) is 1. The van der Waals surface area contributed by atoms with Crippen LogP contribution in [0.4, 0.5) is 0 Å². The molecule has 108 valence electrons. The first-order chi connectivity index (χ1) is 9.56. The highest BCUT2D eigenvalue weighted by molar-refractivity contribution is 5.74. The van der Waals surface area contributed by atoms with Crippen LogP contribution in [-0.4, -0.2) is 22.5 Å². The summed E-state index contributed by atoms with van der Waals surface area (Å²) in [6.07, 6.45) is 2.08. The molecular weight excluding hydrogens is 252 g/mol. The molecule has 0 saturated heterocycles. The second kappa shape index (κ2) is 6.07. The molecule has 1 heterocycles. The summed E-state index contributed by atoms with van der Waals surface area (Å²) >= 11 is 0. The van der Waals surface area contributed by atoms with E-state index in [2.05, 4.69) is 23.8 Å². The van der Waals surface area contributed by atoms with Crippen molar-refractivity contribution in [2.75, 3.05) is 6.61 Å². The Morgan fingerprint density at radius 2 is 2.10 bits per heavy atom. The van der Waals surface area contributed by atoms with Crippen LogP contribution in [0.1, 0.15) is 39.4 Å². The predicted molar refractivity (Wildman–Crippen MR) is 79.4 cm³/mol. The molecule has 0 saturated carbocycles. The Morgan fingerprint density at radius 1 is 1.35 bits per heavy atom. The van der Waals surface area contributed by atoms with Gasteiger partial charge in [0.05, 0.1) is 24.1 Å². The van der Waals surface area contributed by atoms with Crippen LogP contribution >= 0.6 is 0 Å². The molecule has 1 N–H and O–H groups in total. The van der Waals surface area contributed by atoms with E-state index in [4.69, 9.17) is 4.74 Å². The molecule has 0 fully saturated rings. The Bertz CT molecular complexity index is 558. The molecule has 0 radical (unpaired) electrons. The van der Waals surface area contributed by atoms with Crippen LogP contribution < -0.4 is 0 Å². The number of hydrogen-bond acceptors (Lipinski definition) is 3. The topological polar surface area (TPSA) is 55.0 Å². The summed E-state index contributed by atoms with van der Waals surface area (Å²) < 4.78 is 5.07. The molecule has 1 aromatic heterocycles. The highest BCUT2D eigenvalue weighted by atomic mass is 16.5. The Labute approximate surface area is 119 Å². The Hall–Kier alpha value is -1.84. The SMILES string of the molecule is CCOC(=O)C[C@@](C)(CC)Cc1nc2ccccc2[nH]1. The second-order valence-electron chi connectivity index (χ2n) is 5.52. The first-order valence-electron chi connectivity index (χ1n) is 7.15. The van der Waals surface area contributed by atoms with Gasteiger partial charge in [-0.25, -0.2) is 4.98 Å². The van der Waals surface area contributed by atoms with E-state index in [9.17, 15) is 4.79 Å². The second-order valence-corrected chi connectivity index (χ2v) is 5.52. The molecule has 0 aliphatic rings. The third-order valence-corrected chi connectivity index (χ3v) is 3.76. The molecule has 0 bridgehead atoms. The van der Waals surface area contributed by atoms with E-state index in [1.54, 1.807) is 0 Å². The van der Waals surface area contributed by atoms with Crippen molar-refractivity contribution in [3.05, 3.63) is 30.1 Å². The van der Waals surface area contributed by atoms with Gasteiger partial charge in [-0.1, -0.05) is 26.0 Å². The van der Waals surface area contributed by atoms with Gasteiger partial charge >= 0.3 is 5.97 Å². The molecule has 0 amide bonds. The van der Waals surface area contributed by atoms with E-state index in [1.165, 1.54) is 0 Å². The highest BCUT2D eigenvalue weighted by Gasteiger charge is 2.28. The summed E-state index contributed by atoms with van der Waals surface area (Å²) in [4.78, 5) is 19.6. The highest BCUT2D eigenvalue weighted by Crippen LogP contribution is 2.30. The zero-order chi connectivity index (χ0) is 14.6. The quantitative estimate of drug-likeness (QED) is 0.820. The van der Waals surface area contributed by atoms with Crippen molar-refractivity contribution >= 4 is 17.0 Å². The number of aromatic nitrogens is 2. The van der Waals surface area contributed by atoms with E-state index >= 15 is 0 Å². The fraction of sp³-hybridized carbons (Fsp3) is 0.500. The molecular formula is C16H22N2O2. The van der Waals surface area contributed by atoms with Gasteiger partial charge in [0.2, 0.25) is 0 Å². The van der Waals surface area contributed by atoms with Gasteiger partial charge in [-0.05, 0) is 30.9 Å². The molecule has 0 aliphatic carbocycles. The third kappa shape index (κ3) is 3.38. The minimum absolute atomic E-state index is 0.125. The molecule has 0 aliphatic heterocycles. The smallest absolute Gasteiger partial charge is 0.306 e. The van der Waals surface area contributed by atoms with Crippen molar-refractivity contribution in [1.29, 1.82) is 0 Å². The number of benzene rings is 1. The molecule has 4 heteroatoms. The van der Waals surface area contributed by atoms with E-state index in [0.29, 0.717) is 13.0 Å². The molecule has 20 heavy (non-hydrogen) atoms. The number of aromatic amines is 1. The lowest BCUT2D eigenvalue weighted by Gasteiger charge is -2.26. The Balaban J connectivity index is 2.13. The van der Waals surface area contributed by atoms with Gasteiger partial charge in [0, 0.05) is 6.42 Å². The van der Waals surface area contributed by atoms with Crippen LogP contribution in [0.2, 0.25) is 0 Å².